The van der Waals surface area contributed by atoms with E-state index >= 15 is 0 Å². The van der Waals surface area contributed by atoms with E-state index in [0.717, 1.165) is 12.0 Å². The number of para-hydroxylation sites is 1. The molecule has 1 atom stereocenters. The van der Waals surface area contributed by atoms with E-state index in [9.17, 15) is 9.90 Å². The number of benzene rings is 1. The molecule has 17 heavy (non-hydrogen) atoms. The Morgan fingerprint density at radius 3 is 2.88 bits per heavy atom. The van der Waals surface area contributed by atoms with E-state index in [0.29, 0.717) is 11.5 Å². The van der Waals surface area contributed by atoms with Gasteiger partial charge in [0, 0.05) is 12.0 Å². The Bertz CT molecular complexity index is 451. The first-order chi connectivity index (χ1) is 7.89. The first kappa shape index (κ1) is 11.8. The molecule has 0 aliphatic carbocycles. The Labute approximate surface area is 100 Å². The SMILES string of the molecule is CC(Oc1cccc2c1OC(C)(C)C2)C(=O)[O-]. The maximum atomic E-state index is 10.7. The van der Waals surface area contributed by atoms with Gasteiger partial charge in [-0.1, -0.05) is 12.1 Å². The normalized spacial score (nSPS) is 18.1. The fraction of sp³-hybridized carbons (Fsp3) is 0.462. The third-order valence-electron chi connectivity index (χ3n) is 2.69. The van der Waals surface area contributed by atoms with E-state index < -0.39 is 12.1 Å². The van der Waals surface area contributed by atoms with Crippen LogP contribution in [0, 0.1) is 0 Å². The van der Waals surface area contributed by atoms with Crippen molar-refractivity contribution in [2.24, 2.45) is 0 Å². The molecule has 1 aliphatic heterocycles. The van der Waals surface area contributed by atoms with Gasteiger partial charge >= 0.3 is 0 Å². The molecule has 1 aromatic carbocycles. The van der Waals surface area contributed by atoms with Crippen LogP contribution in [0.5, 0.6) is 11.5 Å². The summed E-state index contributed by atoms with van der Waals surface area (Å²) in [5.74, 6) is -0.129. The van der Waals surface area contributed by atoms with E-state index in [1.807, 2.05) is 26.0 Å². The van der Waals surface area contributed by atoms with E-state index in [1.165, 1.54) is 6.92 Å². The Morgan fingerprint density at radius 2 is 2.24 bits per heavy atom. The lowest BCUT2D eigenvalue weighted by Gasteiger charge is -2.20. The number of ether oxygens (including phenoxy) is 2. The third kappa shape index (κ3) is 2.35. The minimum atomic E-state index is -1.24. The van der Waals surface area contributed by atoms with Gasteiger partial charge in [0.05, 0.1) is 5.97 Å². The molecule has 1 aliphatic rings. The number of carbonyl (C=O) groups is 1. The van der Waals surface area contributed by atoms with Gasteiger partial charge in [-0.15, -0.1) is 0 Å². The number of carboxylic acids is 1. The molecule has 0 spiro atoms. The van der Waals surface area contributed by atoms with E-state index in [1.54, 1.807) is 6.07 Å². The van der Waals surface area contributed by atoms with Crippen LogP contribution in [-0.2, 0) is 11.2 Å². The summed E-state index contributed by atoms with van der Waals surface area (Å²) in [6.45, 7) is 5.41. The average molecular weight is 235 g/mol. The highest BCUT2D eigenvalue weighted by atomic mass is 16.6. The second-order valence-electron chi connectivity index (χ2n) is 4.86. The molecular weight excluding hydrogens is 220 g/mol. The maximum absolute atomic E-state index is 10.7. The minimum Gasteiger partial charge on any atom is -0.546 e. The number of hydrogen-bond donors (Lipinski definition) is 0. The van der Waals surface area contributed by atoms with Crippen LogP contribution in [0.4, 0.5) is 0 Å². The summed E-state index contributed by atoms with van der Waals surface area (Å²) in [5.41, 5.74) is 0.769. The second kappa shape index (κ2) is 3.95. The molecule has 0 N–H and O–H groups in total. The third-order valence-corrected chi connectivity index (χ3v) is 2.69. The Kier molecular flexibility index (Phi) is 2.73. The molecule has 0 radical (unpaired) electrons. The van der Waals surface area contributed by atoms with Gasteiger partial charge in [-0.2, -0.15) is 0 Å². The summed E-state index contributed by atoms with van der Waals surface area (Å²) >= 11 is 0. The number of rotatable bonds is 3. The first-order valence-corrected chi connectivity index (χ1v) is 5.57. The van der Waals surface area contributed by atoms with Crippen LogP contribution in [0.2, 0.25) is 0 Å². The zero-order chi connectivity index (χ0) is 12.6. The summed E-state index contributed by atoms with van der Waals surface area (Å²) in [5, 5.41) is 10.7. The molecule has 0 saturated carbocycles. The molecule has 1 heterocycles. The molecule has 0 bridgehead atoms. The van der Waals surface area contributed by atoms with Crippen LogP contribution >= 0.6 is 0 Å². The Hall–Kier alpha value is -1.71. The first-order valence-electron chi connectivity index (χ1n) is 5.57. The quantitative estimate of drug-likeness (QED) is 0.781. The maximum Gasteiger partial charge on any atom is 0.165 e. The van der Waals surface area contributed by atoms with Crippen molar-refractivity contribution in [2.45, 2.75) is 38.9 Å². The van der Waals surface area contributed by atoms with Crippen LogP contribution in [-0.4, -0.2) is 17.7 Å². The van der Waals surface area contributed by atoms with E-state index in [2.05, 4.69) is 0 Å². The number of hydrogen-bond acceptors (Lipinski definition) is 4. The van der Waals surface area contributed by atoms with Crippen molar-refractivity contribution < 1.29 is 19.4 Å². The Balaban J connectivity index is 2.27. The highest BCUT2D eigenvalue weighted by Gasteiger charge is 2.32. The molecular formula is C13H15O4-. The molecule has 0 fully saturated rings. The van der Waals surface area contributed by atoms with E-state index in [-0.39, 0.29) is 5.60 Å². The molecule has 92 valence electrons. The lowest BCUT2D eigenvalue weighted by atomic mass is 10.0. The number of carboxylic acid groups (broad SMARTS) is 1. The predicted octanol–water partition coefficient (Wildman–Crippen LogP) is 0.917. The molecule has 4 nitrogen and oxygen atoms in total. The van der Waals surface area contributed by atoms with Crippen molar-refractivity contribution >= 4 is 5.97 Å². The van der Waals surface area contributed by atoms with Crippen LogP contribution in [0.15, 0.2) is 18.2 Å². The van der Waals surface area contributed by atoms with E-state index in [4.69, 9.17) is 9.47 Å². The highest BCUT2D eigenvalue weighted by molar-refractivity contribution is 5.70. The molecule has 1 aromatic rings. The van der Waals surface area contributed by atoms with Crippen LogP contribution < -0.4 is 14.6 Å². The van der Waals surface area contributed by atoms with Crippen molar-refractivity contribution in [1.82, 2.24) is 0 Å². The fourth-order valence-electron chi connectivity index (χ4n) is 1.92. The van der Waals surface area contributed by atoms with Crippen LogP contribution in [0.3, 0.4) is 0 Å². The molecule has 0 aromatic heterocycles. The predicted molar refractivity (Wildman–Crippen MR) is 60.0 cm³/mol. The smallest absolute Gasteiger partial charge is 0.165 e. The van der Waals surface area contributed by atoms with Gasteiger partial charge in [0.25, 0.3) is 0 Å². The zero-order valence-corrected chi connectivity index (χ0v) is 10.1. The lowest BCUT2D eigenvalue weighted by molar-refractivity contribution is -0.312. The number of carbonyl (C=O) groups excluding carboxylic acids is 1. The summed E-state index contributed by atoms with van der Waals surface area (Å²) in [4.78, 5) is 10.7. The van der Waals surface area contributed by atoms with Gasteiger partial charge in [0.1, 0.15) is 11.7 Å². The summed E-state index contributed by atoms with van der Waals surface area (Å²) < 4.78 is 11.1. The van der Waals surface area contributed by atoms with Crippen LogP contribution in [0.1, 0.15) is 26.3 Å². The van der Waals surface area contributed by atoms with Gasteiger partial charge in [0.15, 0.2) is 11.5 Å². The largest absolute Gasteiger partial charge is 0.546 e. The average Bonchev–Trinajstić information content (AvgIpc) is 2.53. The van der Waals surface area contributed by atoms with Crippen molar-refractivity contribution in [2.75, 3.05) is 0 Å². The summed E-state index contributed by atoms with van der Waals surface area (Å²) in [6.07, 6.45) is -0.201. The number of aliphatic carboxylic acids is 1. The molecule has 1 unspecified atom stereocenters. The molecule has 4 heteroatoms. The van der Waals surface area contributed by atoms with Crippen LogP contribution in [0.25, 0.3) is 0 Å². The molecule has 0 saturated heterocycles. The topological polar surface area (TPSA) is 58.6 Å². The highest BCUT2D eigenvalue weighted by Crippen LogP contribution is 2.41. The van der Waals surface area contributed by atoms with Crippen molar-refractivity contribution in [3.05, 3.63) is 23.8 Å². The van der Waals surface area contributed by atoms with Gasteiger partial charge in [-0.25, -0.2) is 0 Å². The monoisotopic (exact) mass is 235 g/mol. The van der Waals surface area contributed by atoms with Gasteiger partial charge in [-0.3, -0.25) is 0 Å². The standard InChI is InChI=1S/C13H16O4/c1-8(12(14)15)16-10-6-4-5-9-7-13(2,3)17-11(9)10/h4-6,8H,7H2,1-3H3,(H,14,15)/p-1. The lowest BCUT2D eigenvalue weighted by Crippen LogP contribution is -2.37. The summed E-state index contributed by atoms with van der Waals surface area (Å²) in [6, 6.07) is 5.50. The van der Waals surface area contributed by atoms with Crippen molar-refractivity contribution in [3.8, 4) is 11.5 Å². The Morgan fingerprint density at radius 1 is 1.53 bits per heavy atom. The van der Waals surface area contributed by atoms with Gasteiger partial charge < -0.3 is 19.4 Å². The van der Waals surface area contributed by atoms with Crippen molar-refractivity contribution in [1.29, 1.82) is 0 Å². The van der Waals surface area contributed by atoms with Gasteiger partial charge in [-0.05, 0) is 26.8 Å². The molecule has 2 rings (SSSR count). The zero-order valence-electron chi connectivity index (χ0n) is 10.1. The van der Waals surface area contributed by atoms with Crippen molar-refractivity contribution in [3.63, 3.8) is 0 Å². The molecule has 0 amide bonds. The number of fused-ring (bicyclic) bond motifs is 1. The minimum absolute atomic E-state index is 0.271. The summed E-state index contributed by atoms with van der Waals surface area (Å²) in [7, 11) is 0. The fourth-order valence-corrected chi connectivity index (χ4v) is 1.92. The van der Waals surface area contributed by atoms with Gasteiger partial charge in [0.2, 0.25) is 0 Å². The second-order valence-corrected chi connectivity index (χ2v) is 4.86.